The van der Waals surface area contributed by atoms with Crippen LogP contribution in [0.3, 0.4) is 0 Å². The fourth-order valence-corrected chi connectivity index (χ4v) is 3.20. The quantitative estimate of drug-likeness (QED) is 0.714. The van der Waals surface area contributed by atoms with Crippen molar-refractivity contribution in [3.8, 4) is 0 Å². The Morgan fingerprint density at radius 1 is 1.12 bits per heavy atom. The summed E-state index contributed by atoms with van der Waals surface area (Å²) >= 11 is 0. The first kappa shape index (κ1) is 15.6. The molecule has 0 bridgehead atoms. The van der Waals surface area contributed by atoms with Crippen LogP contribution in [-0.4, -0.2) is 56.3 Å². The van der Waals surface area contributed by atoms with Crippen LogP contribution in [-0.2, 0) is 0 Å². The van der Waals surface area contributed by atoms with E-state index in [4.69, 9.17) is 0 Å². The third kappa shape index (κ3) is 3.17. The van der Waals surface area contributed by atoms with Gasteiger partial charge in [-0.3, -0.25) is 14.2 Å². The summed E-state index contributed by atoms with van der Waals surface area (Å²) in [6, 6.07) is 5.94. The van der Waals surface area contributed by atoms with Gasteiger partial charge in [0.05, 0.1) is 0 Å². The molecule has 128 valence electrons. The number of anilines is 1. The minimum atomic E-state index is -0.0294. The molecule has 1 aliphatic rings. The molecule has 3 aromatic heterocycles. The molecular formula is C18H20N6O. The van der Waals surface area contributed by atoms with Crippen molar-refractivity contribution >= 4 is 17.4 Å². The summed E-state index contributed by atoms with van der Waals surface area (Å²) < 4.78 is 1.77. The molecule has 0 spiro atoms. The molecule has 4 rings (SSSR count). The maximum absolute atomic E-state index is 12.8. The Bertz CT molecular complexity index is 872. The molecule has 4 heterocycles. The van der Waals surface area contributed by atoms with E-state index in [1.165, 1.54) is 5.69 Å². The minimum absolute atomic E-state index is 0.0294. The number of rotatable bonds is 2. The maximum atomic E-state index is 12.8. The number of carbonyl (C=O) groups is 1. The molecule has 7 nitrogen and oxygen atoms in total. The van der Waals surface area contributed by atoms with Gasteiger partial charge in [-0.15, -0.1) is 0 Å². The number of aryl methyl sites for hydroxylation is 1. The van der Waals surface area contributed by atoms with Gasteiger partial charge in [-0.2, -0.15) is 0 Å². The lowest BCUT2D eigenvalue weighted by molar-refractivity contribution is 0.0762. The molecule has 0 aromatic carbocycles. The first-order valence-corrected chi connectivity index (χ1v) is 8.47. The van der Waals surface area contributed by atoms with Crippen LogP contribution in [0, 0.1) is 6.92 Å². The van der Waals surface area contributed by atoms with E-state index < -0.39 is 0 Å². The topological polar surface area (TPSA) is 66.6 Å². The number of pyridine rings is 1. The fourth-order valence-electron chi connectivity index (χ4n) is 3.20. The molecule has 7 heteroatoms. The number of hydrogen-bond donors (Lipinski definition) is 0. The highest BCUT2D eigenvalue weighted by molar-refractivity contribution is 5.92. The number of aromatic nitrogens is 4. The van der Waals surface area contributed by atoms with Gasteiger partial charge in [-0.25, -0.2) is 9.97 Å². The molecule has 0 aliphatic carbocycles. The van der Waals surface area contributed by atoms with E-state index in [0.717, 1.165) is 31.7 Å². The van der Waals surface area contributed by atoms with Gasteiger partial charge in [0, 0.05) is 62.3 Å². The van der Waals surface area contributed by atoms with Crippen molar-refractivity contribution in [2.45, 2.75) is 13.3 Å². The van der Waals surface area contributed by atoms with Crippen LogP contribution in [0.15, 0.2) is 43.0 Å². The van der Waals surface area contributed by atoms with Crippen molar-refractivity contribution in [3.63, 3.8) is 0 Å². The average Bonchev–Trinajstić information content (AvgIpc) is 2.90. The molecule has 0 atom stereocenters. The summed E-state index contributed by atoms with van der Waals surface area (Å²) in [6.07, 6.45) is 8.04. The Kier molecular flexibility index (Phi) is 4.05. The summed E-state index contributed by atoms with van der Waals surface area (Å²) in [4.78, 5) is 29.8. The standard InChI is InChI=1S/C18H20N6O/c1-14-12-15(4-6-19-14)22-8-3-9-23(11-10-22)17(25)16-13-24-7-2-5-20-18(24)21-16/h2,4-7,12-13H,3,8-11H2,1H3. The molecule has 1 saturated heterocycles. The van der Waals surface area contributed by atoms with E-state index in [1.54, 1.807) is 16.8 Å². The number of carbonyl (C=O) groups excluding carboxylic acids is 1. The van der Waals surface area contributed by atoms with Crippen molar-refractivity contribution in [1.29, 1.82) is 0 Å². The Labute approximate surface area is 145 Å². The van der Waals surface area contributed by atoms with Crippen molar-refractivity contribution < 1.29 is 4.79 Å². The Morgan fingerprint density at radius 3 is 2.88 bits per heavy atom. The molecule has 1 amide bonds. The Hall–Kier alpha value is -2.96. The largest absolute Gasteiger partial charge is 0.370 e. The number of hydrogen-bond acceptors (Lipinski definition) is 5. The molecule has 0 saturated carbocycles. The second-order valence-corrected chi connectivity index (χ2v) is 6.24. The molecular weight excluding hydrogens is 316 g/mol. The second-order valence-electron chi connectivity index (χ2n) is 6.24. The van der Waals surface area contributed by atoms with Crippen LogP contribution in [0.4, 0.5) is 5.69 Å². The highest BCUT2D eigenvalue weighted by atomic mass is 16.2. The van der Waals surface area contributed by atoms with Gasteiger partial charge >= 0.3 is 0 Å². The second kappa shape index (κ2) is 6.51. The highest BCUT2D eigenvalue weighted by Gasteiger charge is 2.22. The first-order valence-electron chi connectivity index (χ1n) is 8.47. The van der Waals surface area contributed by atoms with E-state index in [9.17, 15) is 4.79 Å². The zero-order valence-electron chi connectivity index (χ0n) is 14.2. The predicted octanol–water partition coefficient (Wildman–Crippen LogP) is 1.79. The van der Waals surface area contributed by atoms with E-state index in [-0.39, 0.29) is 5.91 Å². The van der Waals surface area contributed by atoms with Gasteiger partial charge in [-0.05, 0) is 31.5 Å². The average molecular weight is 336 g/mol. The third-order valence-electron chi connectivity index (χ3n) is 4.48. The summed E-state index contributed by atoms with van der Waals surface area (Å²) in [6.45, 7) is 5.15. The number of fused-ring (bicyclic) bond motifs is 1. The summed E-state index contributed by atoms with van der Waals surface area (Å²) in [7, 11) is 0. The molecule has 0 unspecified atom stereocenters. The maximum Gasteiger partial charge on any atom is 0.274 e. The SMILES string of the molecule is Cc1cc(N2CCCN(C(=O)c3cn4cccnc4n3)CC2)ccn1. The Balaban J connectivity index is 1.49. The zero-order valence-corrected chi connectivity index (χ0v) is 14.2. The zero-order chi connectivity index (χ0) is 17.2. The van der Waals surface area contributed by atoms with Crippen molar-refractivity contribution in [1.82, 2.24) is 24.3 Å². The summed E-state index contributed by atoms with van der Waals surface area (Å²) in [5.41, 5.74) is 2.62. The molecule has 25 heavy (non-hydrogen) atoms. The fraction of sp³-hybridized carbons (Fsp3) is 0.333. The Morgan fingerprint density at radius 2 is 2.04 bits per heavy atom. The number of imidazole rings is 1. The monoisotopic (exact) mass is 336 g/mol. The van der Waals surface area contributed by atoms with Gasteiger partial charge < -0.3 is 9.80 Å². The van der Waals surface area contributed by atoms with Gasteiger partial charge in [0.2, 0.25) is 5.78 Å². The van der Waals surface area contributed by atoms with Crippen LogP contribution >= 0.6 is 0 Å². The lowest BCUT2D eigenvalue weighted by atomic mass is 10.3. The lowest BCUT2D eigenvalue weighted by Gasteiger charge is -2.23. The number of nitrogens with zero attached hydrogens (tertiary/aromatic N) is 6. The van der Waals surface area contributed by atoms with Gasteiger partial charge in [0.15, 0.2) is 0 Å². The predicted molar refractivity (Wildman–Crippen MR) is 94.7 cm³/mol. The molecule has 1 fully saturated rings. The van der Waals surface area contributed by atoms with E-state index in [1.807, 2.05) is 36.4 Å². The number of amides is 1. The minimum Gasteiger partial charge on any atom is -0.370 e. The van der Waals surface area contributed by atoms with Crippen LogP contribution in [0.1, 0.15) is 22.6 Å². The van der Waals surface area contributed by atoms with Crippen molar-refractivity contribution in [3.05, 3.63) is 54.4 Å². The normalized spacial score (nSPS) is 15.4. The van der Waals surface area contributed by atoms with E-state index in [2.05, 4.69) is 25.9 Å². The molecule has 0 radical (unpaired) electrons. The molecule has 1 aliphatic heterocycles. The van der Waals surface area contributed by atoms with E-state index >= 15 is 0 Å². The first-order chi connectivity index (χ1) is 12.2. The molecule has 0 N–H and O–H groups in total. The van der Waals surface area contributed by atoms with Gasteiger partial charge in [-0.1, -0.05) is 0 Å². The van der Waals surface area contributed by atoms with Gasteiger partial charge in [0.1, 0.15) is 5.69 Å². The van der Waals surface area contributed by atoms with E-state index in [0.29, 0.717) is 18.0 Å². The summed E-state index contributed by atoms with van der Waals surface area (Å²) in [5.74, 6) is 0.521. The van der Waals surface area contributed by atoms with Crippen LogP contribution < -0.4 is 4.90 Å². The van der Waals surface area contributed by atoms with Crippen LogP contribution in [0.5, 0.6) is 0 Å². The third-order valence-corrected chi connectivity index (χ3v) is 4.48. The smallest absolute Gasteiger partial charge is 0.274 e. The summed E-state index contributed by atoms with van der Waals surface area (Å²) in [5, 5.41) is 0. The van der Waals surface area contributed by atoms with Crippen LogP contribution in [0.25, 0.3) is 5.78 Å². The lowest BCUT2D eigenvalue weighted by Crippen LogP contribution is -2.35. The van der Waals surface area contributed by atoms with Crippen LogP contribution in [0.2, 0.25) is 0 Å². The van der Waals surface area contributed by atoms with Crippen molar-refractivity contribution in [2.75, 3.05) is 31.1 Å². The highest BCUT2D eigenvalue weighted by Crippen LogP contribution is 2.17. The molecule has 3 aromatic rings. The van der Waals surface area contributed by atoms with Gasteiger partial charge in [0.25, 0.3) is 5.91 Å². The van der Waals surface area contributed by atoms with Crippen molar-refractivity contribution in [2.24, 2.45) is 0 Å².